The van der Waals surface area contributed by atoms with E-state index in [0.29, 0.717) is 10.9 Å². The third-order valence-electron chi connectivity index (χ3n) is 3.54. The van der Waals surface area contributed by atoms with Gasteiger partial charge in [0.05, 0.1) is 6.21 Å². The van der Waals surface area contributed by atoms with E-state index in [2.05, 4.69) is 38.3 Å². The van der Waals surface area contributed by atoms with Crippen LogP contribution in [0.2, 0.25) is 0 Å². The molecule has 0 aromatic heterocycles. The number of ether oxygens (including phenoxy) is 1. The van der Waals surface area contributed by atoms with Gasteiger partial charge in [0.1, 0.15) is 11.5 Å². The molecule has 0 spiro atoms. The molecule has 136 valence electrons. The first-order chi connectivity index (χ1) is 13.2. The van der Waals surface area contributed by atoms with Crippen LogP contribution in [0.15, 0.2) is 93.5 Å². The van der Waals surface area contributed by atoms with E-state index in [1.54, 1.807) is 6.21 Å². The number of thioether (sulfide) groups is 1. The molecule has 0 aliphatic heterocycles. The summed E-state index contributed by atoms with van der Waals surface area (Å²) in [6.07, 6.45) is 1.64. The third-order valence-corrected chi connectivity index (χ3v) is 4.93. The molecule has 0 unspecified atom stereocenters. The van der Waals surface area contributed by atoms with E-state index in [9.17, 15) is 0 Å². The molecule has 3 aromatic carbocycles. The lowest BCUT2D eigenvalue weighted by molar-refractivity contribution is 0.482. The van der Waals surface area contributed by atoms with Gasteiger partial charge in [0, 0.05) is 15.8 Å². The van der Waals surface area contributed by atoms with Crippen molar-refractivity contribution < 1.29 is 4.74 Å². The minimum Gasteiger partial charge on any atom is -0.457 e. The van der Waals surface area contributed by atoms with Crippen LogP contribution in [0.3, 0.4) is 0 Å². The van der Waals surface area contributed by atoms with Crippen molar-refractivity contribution in [1.29, 1.82) is 0 Å². The first-order valence-corrected chi connectivity index (χ1v) is 10.0. The van der Waals surface area contributed by atoms with Gasteiger partial charge in [-0.2, -0.15) is 5.10 Å². The van der Waals surface area contributed by atoms with Crippen molar-refractivity contribution in [2.24, 2.45) is 15.9 Å². The highest BCUT2D eigenvalue weighted by Gasteiger charge is 2.03. The Kier molecular flexibility index (Phi) is 7.07. The van der Waals surface area contributed by atoms with Crippen molar-refractivity contribution in [3.8, 4) is 11.5 Å². The SMILES string of the molecule is NC(=NN=Cc1ccccc1Oc1ccc(Br)cc1)SCc1ccccc1. The monoisotopic (exact) mass is 439 g/mol. The summed E-state index contributed by atoms with van der Waals surface area (Å²) >= 11 is 4.87. The Hall–Kier alpha value is -2.57. The van der Waals surface area contributed by atoms with E-state index in [4.69, 9.17) is 10.5 Å². The molecule has 0 bridgehead atoms. The summed E-state index contributed by atoms with van der Waals surface area (Å²) in [6.45, 7) is 0. The number of hydrogen-bond donors (Lipinski definition) is 1. The number of hydrogen-bond acceptors (Lipinski definition) is 4. The van der Waals surface area contributed by atoms with E-state index in [1.807, 2.05) is 66.7 Å². The molecule has 0 heterocycles. The highest BCUT2D eigenvalue weighted by atomic mass is 79.9. The molecule has 0 saturated heterocycles. The lowest BCUT2D eigenvalue weighted by Gasteiger charge is -2.08. The number of benzene rings is 3. The zero-order chi connectivity index (χ0) is 18.9. The van der Waals surface area contributed by atoms with Crippen molar-refractivity contribution in [3.63, 3.8) is 0 Å². The Labute approximate surface area is 171 Å². The van der Waals surface area contributed by atoms with Gasteiger partial charge in [-0.15, -0.1) is 5.10 Å². The van der Waals surface area contributed by atoms with Gasteiger partial charge in [0.2, 0.25) is 0 Å². The van der Waals surface area contributed by atoms with E-state index < -0.39 is 0 Å². The molecule has 27 heavy (non-hydrogen) atoms. The first-order valence-electron chi connectivity index (χ1n) is 8.26. The number of halogens is 1. The van der Waals surface area contributed by atoms with Crippen LogP contribution in [0.5, 0.6) is 11.5 Å². The topological polar surface area (TPSA) is 60.0 Å². The molecular formula is C21H18BrN3OS. The summed E-state index contributed by atoms with van der Waals surface area (Å²) in [5, 5.41) is 8.58. The molecule has 0 saturated carbocycles. The molecule has 3 rings (SSSR count). The molecular weight excluding hydrogens is 422 g/mol. The Morgan fingerprint density at radius 3 is 2.44 bits per heavy atom. The number of nitrogens with two attached hydrogens (primary N) is 1. The maximum atomic E-state index is 5.93. The molecule has 4 nitrogen and oxygen atoms in total. The summed E-state index contributed by atoms with van der Waals surface area (Å²) in [6, 6.07) is 25.4. The fraction of sp³-hybridized carbons (Fsp3) is 0.0476. The van der Waals surface area contributed by atoms with Gasteiger partial charge < -0.3 is 10.5 Å². The Morgan fingerprint density at radius 2 is 1.67 bits per heavy atom. The standard InChI is InChI=1S/C21H18BrN3OS/c22-18-10-12-19(13-11-18)26-20-9-5-4-8-17(20)14-24-25-21(23)27-15-16-6-2-1-3-7-16/h1-14H,15H2,(H2,23,25). The van der Waals surface area contributed by atoms with E-state index >= 15 is 0 Å². The fourth-order valence-corrected chi connectivity index (χ4v) is 3.09. The molecule has 3 aromatic rings. The summed E-state index contributed by atoms with van der Waals surface area (Å²) in [7, 11) is 0. The van der Waals surface area contributed by atoms with Crippen LogP contribution in [0.25, 0.3) is 0 Å². The normalized spacial score (nSPS) is 11.7. The van der Waals surface area contributed by atoms with Crippen LogP contribution in [0.1, 0.15) is 11.1 Å². The van der Waals surface area contributed by atoms with Crippen LogP contribution in [0.4, 0.5) is 0 Å². The van der Waals surface area contributed by atoms with E-state index in [0.717, 1.165) is 21.5 Å². The van der Waals surface area contributed by atoms with E-state index in [1.165, 1.54) is 17.3 Å². The van der Waals surface area contributed by atoms with Crippen molar-refractivity contribution in [2.75, 3.05) is 0 Å². The maximum Gasteiger partial charge on any atom is 0.180 e. The molecule has 0 aliphatic carbocycles. The van der Waals surface area contributed by atoms with Crippen LogP contribution in [0, 0.1) is 0 Å². The molecule has 0 atom stereocenters. The number of para-hydroxylation sites is 1. The van der Waals surface area contributed by atoms with Crippen LogP contribution in [-0.4, -0.2) is 11.4 Å². The second-order valence-electron chi connectivity index (χ2n) is 5.55. The van der Waals surface area contributed by atoms with E-state index in [-0.39, 0.29) is 0 Å². The van der Waals surface area contributed by atoms with Crippen molar-refractivity contribution in [2.45, 2.75) is 5.75 Å². The summed E-state index contributed by atoms with van der Waals surface area (Å²) in [5.74, 6) is 2.21. The smallest absolute Gasteiger partial charge is 0.180 e. The third kappa shape index (κ3) is 6.27. The number of nitrogens with zero attached hydrogens (tertiary/aromatic N) is 2. The lowest BCUT2D eigenvalue weighted by atomic mass is 10.2. The quantitative estimate of drug-likeness (QED) is 0.298. The van der Waals surface area contributed by atoms with Gasteiger partial charge in [-0.05, 0) is 42.0 Å². The van der Waals surface area contributed by atoms with Crippen molar-refractivity contribution in [1.82, 2.24) is 0 Å². The van der Waals surface area contributed by atoms with Crippen molar-refractivity contribution in [3.05, 3.63) is 94.5 Å². The van der Waals surface area contributed by atoms with Crippen LogP contribution >= 0.6 is 27.7 Å². The average molecular weight is 440 g/mol. The van der Waals surface area contributed by atoms with Gasteiger partial charge in [0.25, 0.3) is 0 Å². The van der Waals surface area contributed by atoms with Gasteiger partial charge in [-0.25, -0.2) is 0 Å². The summed E-state index contributed by atoms with van der Waals surface area (Å²) in [5.41, 5.74) is 7.94. The van der Waals surface area contributed by atoms with Gasteiger partial charge in [-0.1, -0.05) is 70.2 Å². The highest BCUT2D eigenvalue weighted by Crippen LogP contribution is 2.25. The minimum absolute atomic E-state index is 0.418. The highest BCUT2D eigenvalue weighted by molar-refractivity contribution is 9.10. The molecule has 0 aliphatic rings. The number of amidine groups is 1. The molecule has 0 fully saturated rings. The molecule has 6 heteroatoms. The minimum atomic E-state index is 0.418. The van der Waals surface area contributed by atoms with Crippen molar-refractivity contribution >= 4 is 39.1 Å². The predicted molar refractivity (Wildman–Crippen MR) is 118 cm³/mol. The molecule has 0 amide bonds. The van der Waals surface area contributed by atoms with Crippen LogP contribution in [-0.2, 0) is 5.75 Å². The Morgan fingerprint density at radius 1 is 0.963 bits per heavy atom. The van der Waals surface area contributed by atoms with Gasteiger partial charge in [0.15, 0.2) is 5.17 Å². The number of rotatable bonds is 6. The fourth-order valence-electron chi connectivity index (χ4n) is 2.22. The van der Waals surface area contributed by atoms with Crippen LogP contribution < -0.4 is 10.5 Å². The second-order valence-corrected chi connectivity index (χ2v) is 7.46. The van der Waals surface area contributed by atoms with Gasteiger partial charge in [-0.3, -0.25) is 0 Å². The summed E-state index contributed by atoms with van der Waals surface area (Å²) in [4.78, 5) is 0. The zero-order valence-electron chi connectivity index (χ0n) is 14.5. The van der Waals surface area contributed by atoms with Gasteiger partial charge >= 0.3 is 0 Å². The summed E-state index contributed by atoms with van der Waals surface area (Å²) < 4.78 is 6.93. The first kappa shape index (κ1) is 19.2. The Balaban J connectivity index is 1.63. The molecule has 0 radical (unpaired) electrons. The predicted octanol–water partition coefficient (Wildman–Crippen LogP) is 5.82. The lowest BCUT2D eigenvalue weighted by Crippen LogP contribution is -2.06. The largest absolute Gasteiger partial charge is 0.457 e. The second kappa shape index (κ2) is 9.94. The Bertz CT molecular complexity index is 928. The molecule has 2 N–H and O–H groups in total. The maximum absolute atomic E-state index is 5.93. The zero-order valence-corrected chi connectivity index (χ0v) is 16.9. The average Bonchev–Trinajstić information content (AvgIpc) is 2.70.